The maximum Gasteiger partial charge on any atom is 0.177 e. The summed E-state index contributed by atoms with van der Waals surface area (Å²) >= 11 is 1.97. The quantitative estimate of drug-likeness (QED) is 0.609. The van der Waals surface area contributed by atoms with Gasteiger partial charge in [-0.1, -0.05) is 0 Å². The molecule has 0 aliphatic carbocycles. The Hall–Kier alpha value is -2.19. The van der Waals surface area contributed by atoms with E-state index in [4.69, 9.17) is 10.00 Å². The van der Waals surface area contributed by atoms with Gasteiger partial charge in [0.25, 0.3) is 0 Å². The zero-order valence-corrected chi connectivity index (χ0v) is 15.1. The number of ether oxygens (including phenoxy) is 1. The third kappa shape index (κ3) is 3.07. The molecule has 0 unspecified atom stereocenters. The average Bonchev–Trinajstić information content (AvgIpc) is 2.88. The number of nitrogens with zero attached hydrogens (tertiary/aromatic N) is 2. The molecule has 0 radical (unpaired) electrons. The minimum Gasteiger partial charge on any atom is -0.456 e. The summed E-state index contributed by atoms with van der Waals surface area (Å²) in [5.74, 6) is -0.156. The summed E-state index contributed by atoms with van der Waals surface area (Å²) in [5, 5.41) is 16.1. The Morgan fingerprint density at radius 2 is 2.08 bits per heavy atom. The lowest BCUT2D eigenvalue weighted by Crippen LogP contribution is -1.99. The van der Waals surface area contributed by atoms with Gasteiger partial charge in [0.15, 0.2) is 9.84 Å². The first-order chi connectivity index (χ1) is 11.3. The van der Waals surface area contributed by atoms with E-state index < -0.39 is 15.7 Å². The number of fused-ring (bicyclic) bond motifs is 1. The highest BCUT2D eigenvalue weighted by Gasteiger charge is 2.20. The number of halogens is 2. The SMILES string of the molecule is CS(=O)(=O)c1ccc(Oc2cc(F)cc(C#N)c2)c2c(I)[nH]nc12. The minimum atomic E-state index is -3.47. The second-order valence-corrected chi connectivity index (χ2v) is 8.05. The normalized spacial score (nSPS) is 11.4. The van der Waals surface area contributed by atoms with E-state index in [9.17, 15) is 12.8 Å². The van der Waals surface area contributed by atoms with Gasteiger partial charge in [-0.15, -0.1) is 0 Å². The van der Waals surface area contributed by atoms with E-state index in [0.29, 0.717) is 14.8 Å². The van der Waals surface area contributed by atoms with Crippen molar-refractivity contribution in [3.05, 3.63) is 45.4 Å². The van der Waals surface area contributed by atoms with Crippen LogP contribution in [0, 0.1) is 20.8 Å². The molecule has 122 valence electrons. The largest absolute Gasteiger partial charge is 0.456 e. The fraction of sp³-hybridized carbons (Fsp3) is 0.0667. The van der Waals surface area contributed by atoms with Crippen molar-refractivity contribution in [2.45, 2.75) is 4.90 Å². The van der Waals surface area contributed by atoms with Gasteiger partial charge in [0.1, 0.15) is 26.5 Å². The summed E-state index contributed by atoms with van der Waals surface area (Å²) in [4.78, 5) is 0.0703. The number of sulfone groups is 1. The molecule has 0 bridgehead atoms. The van der Waals surface area contributed by atoms with Crippen molar-refractivity contribution < 1.29 is 17.5 Å². The number of hydrogen-bond acceptors (Lipinski definition) is 5. The molecule has 0 saturated heterocycles. The van der Waals surface area contributed by atoms with Crippen LogP contribution in [0.3, 0.4) is 0 Å². The lowest BCUT2D eigenvalue weighted by molar-refractivity contribution is 0.481. The monoisotopic (exact) mass is 457 g/mol. The van der Waals surface area contributed by atoms with E-state index in [-0.39, 0.29) is 21.7 Å². The Balaban J connectivity index is 2.17. The average molecular weight is 457 g/mol. The maximum absolute atomic E-state index is 13.5. The Bertz CT molecular complexity index is 1100. The van der Waals surface area contributed by atoms with Gasteiger partial charge in [0.2, 0.25) is 0 Å². The predicted octanol–water partition coefficient (Wildman–Crippen LogP) is 3.37. The molecular formula is C15H9FIN3O3S. The first kappa shape index (κ1) is 16.7. The molecule has 0 aliphatic heterocycles. The summed E-state index contributed by atoms with van der Waals surface area (Å²) in [5.41, 5.74) is 0.368. The van der Waals surface area contributed by atoms with E-state index in [2.05, 4.69) is 10.2 Å². The van der Waals surface area contributed by atoms with Crippen molar-refractivity contribution in [1.82, 2.24) is 10.2 Å². The summed E-state index contributed by atoms with van der Waals surface area (Å²) in [6.07, 6.45) is 1.09. The van der Waals surface area contributed by atoms with E-state index in [1.807, 2.05) is 28.7 Å². The number of rotatable bonds is 3. The fourth-order valence-electron chi connectivity index (χ4n) is 2.23. The van der Waals surface area contributed by atoms with Gasteiger partial charge in [-0.05, 0) is 46.9 Å². The Kier molecular flexibility index (Phi) is 4.18. The standard InChI is InChI=1S/C15H9FIN3O3S/c1-24(21,22)12-3-2-11(13-14(12)19-20-15(13)17)23-10-5-8(7-18)4-9(16)6-10/h2-6H,1H3,(H,19,20). The van der Waals surface area contributed by atoms with Crippen LogP contribution in [0.1, 0.15) is 5.56 Å². The van der Waals surface area contributed by atoms with Crippen LogP contribution in [-0.2, 0) is 9.84 Å². The summed E-state index contributed by atoms with van der Waals surface area (Å²) in [6, 6.07) is 8.34. The molecule has 3 rings (SSSR count). The van der Waals surface area contributed by atoms with Crippen molar-refractivity contribution in [1.29, 1.82) is 5.26 Å². The van der Waals surface area contributed by atoms with Crippen LogP contribution in [0.15, 0.2) is 35.2 Å². The Morgan fingerprint density at radius 3 is 2.75 bits per heavy atom. The van der Waals surface area contributed by atoms with Crippen molar-refractivity contribution in [3.63, 3.8) is 0 Å². The lowest BCUT2D eigenvalue weighted by Gasteiger charge is -2.09. The third-order valence-corrected chi connectivity index (χ3v) is 5.12. The Labute approximate surface area is 150 Å². The molecule has 1 aromatic heterocycles. The van der Waals surface area contributed by atoms with Crippen LogP contribution in [0.2, 0.25) is 0 Å². The summed E-state index contributed by atoms with van der Waals surface area (Å²) in [6.45, 7) is 0. The van der Waals surface area contributed by atoms with Crippen LogP contribution in [-0.4, -0.2) is 24.9 Å². The highest BCUT2D eigenvalue weighted by atomic mass is 127. The molecule has 0 saturated carbocycles. The number of aromatic nitrogens is 2. The van der Waals surface area contributed by atoms with Gasteiger partial charge in [0.05, 0.1) is 21.9 Å². The number of hydrogen-bond donors (Lipinski definition) is 1. The second-order valence-electron chi connectivity index (χ2n) is 4.98. The molecule has 9 heteroatoms. The van der Waals surface area contributed by atoms with Gasteiger partial charge in [0, 0.05) is 12.3 Å². The molecule has 2 aromatic carbocycles. The molecule has 24 heavy (non-hydrogen) atoms. The minimum absolute atomic E-state index is 0.0703. The van der Waals surface area contributed by atoms with E-state index in [1.54, 1.807) is 0 Å². The van der Waals surface area contributed by atoms with Crippen molar-refractivity contribution in [2.24, 2.45) is 0 Å². The molecule has 0 atom stereocenters. The van der Waals surface area contributed by atoms with Gasteiger partial charge in [-0.25, -0.2) is 12.8 Å². The molecule has 1 N–H and O–H groups in total. The Morgan fingerprint density at radius 1 is 1.33 bits per heavy atom. The number of nitriles is 1. The molecule has 0 amide bonds. The lowest BCUT2D eigenvalue weighted by atomic mass is 10.2. The van der Waals surface area contributed by atoms with Gasteiger partial charge >= 0.3 is 0 Å². The maximum atomic E-state index is 13.5. The highest BCUT2D eigenvalue weighted by Crippen LogP contribution is 2.35. The van der Waals surface area contributed by atoms with Gasteiger partial charge < -0.3 is 4.74 Å². The molecular weight excluding hydrogens is 448 g/mol. The predicted molar refractivity (Wildman–Crippen MR) is 93.1 cm³/mol. The third-order valence-electron chi connectivity index (χ3n) is 3.22. The molecule has 0 fully saturated rings. The van der Waals surface area contributed by atoms with Crippen LogP contribution >= 0.6 is 22.6 Å². The van der Waals surface area contributed by atoms with E-state index >= 15 is 0 Å². The molecule has 0 spiro atoms. The molecule has 3 aromatic rings. The number of H-pyrrole nitrogens is 1. The first-order valence-electron chi connectivity index (χ1n) is 6.55. The van der Waals surface area contributed by atoms with Gasteiger partial charge in [-0.2, -0.15) is 10.4 Å². The zero-order chi connectivity index (χ0) is 17.5. The molecule has 6 nitrogen and oxygen atoms in total. The zero-order valence-electron chi connectivity index (χ0n) is 12.2. The van der Waals surface area contributed by atoms with E-state index in [0.717, 1.165) is 18.4 Å². The smallest absolute Gasteiger partial charge is 0.177 e. The van der Waals surface area contributed by atoms with Crippen molar-refractivity contribution in [3.8, 4) is 17.6 Å². The summed E-state index contributed by atoms with van der Waals surface area (Å²) in [7, 11) is -3.47. The second kappa shape index (κ2) is 6.03. The van der Waals surface area contributed by atoms with Crippen LogP contribution in [0.25, 0.3) is 10.9 Å². The topological polar surface area (TPSA) is 95.8 Å². The molecule has 0 aliphatic rings. The van der Waals surface area contributed by atoms with E-state index in [1.165, 1.54) is 18.2 Å². The number of benzene rings is 2. The van der Waals surface area contributed by atoms with Crippen molar-refractivity contribution in [2.75, 3.05) is 6.26 Å². The summed E-state index contributed by atoms with van der Waals surface area (Å²) < 4.78 is 43.5. The van der Waals surface area contributed by atoms with Crippen LogP contribution in [0.4, 0.5) is 4.39 Å². The highest BCUT2D eigenvalue weighted by molar-refractivity contribution is 14.1. The fourth-order valence-corrected chi connectivity index (χ4v) is 3.69. The first-order valence-corrected chi connectivity index (χ1v) is 9.52. The molecule has 1 heterocycles. The van der Waals surface area contributed by atoms with Gasteiger partial charge in [-0.3, -0.25) is 5.10 Å². The van der Waals surface area contributed by atoms with Crippen molar-refractivity contribution >= 4 is 43.3 Å². The van der Waals surface area contributed by atoms with Crippen LogP contribution < -0.4 is 4.74 Å². The number of nitrogens with one attached hydrogen (secondary N) is 1. The number of aromatic amines is 1. The van der Waals surface area contributed by atoms with Crippen LogP contribution in [0.5, 0.6) is 11.5 Å².